The molecule has 0 bridgehead atoms. The largest absolute Gasteiger partial charge is 0.450 e. The number of rotatable bonds is 7. The minimum Gasteiger partial charge on any atom is -0.450 e. The number of alkyl carbamates (subject to hydrolysis) is 1. The maximum Gasteiger partial charge on any atom is 0.407 e. The summed E-state index contributed by atoms with van der Waals surface area (Å²) >= 11 is 0. The van der Waals surface area contributed by atoms with Gasteiger partial charge in [0.2, 0.25) is 0 Å². The number of hydrogen-bond donors (Lipinski definition) is 3. The van der Waals surface area contributed by atoms with Gasteiger partial charge in [0, 0.05) is 12.6 Å². The number of amides is 2. The highest BCUT2D eigenvalue weighted by molar-refractivity contribution is 5.92. The topological polar surface area (TPSA) is 96.1 Å². The van der Waals surface area contributed by atoms with Crippen molar-refractivity contribution < 1.29 is 14.3 Å². The van der Waals surface area contributed by atoms with Crippen LogP contribution in [0, 0.1) is 12.8 Å². The molecule has 0 unspecified atom stereocenters. The van der Waals surface area contributed by atoms with Crippen LogP contribution in [0.2, 0.25) is 0 Å². The van der Waals surface area contributed by atoms with E-state index in [9.17, 15) is 9.59 Å². The molecule has 0 spiro atoms. The van der Waals surface area contributed by atoms with E-state index in [-0.39, 0.29) is 11.9 Å². The number of imidazole rings is 1. The van der Waals surface area contributed by atoms with E-state index in [1.807, 2.05) is 0 Å². The minimum atomic E-state index is -0.463. The van der Waals surface area contributed by atoms with E-state index >= 15 is 0 Å². The second-order valence-electron chi connectivity index (χ2n) is 5.28. The van der Waals surface area contributed by atoms with Gasteiger partial charge in [-0.2, -0.15) is 0 Å². The van der Waals surface area contributed by atoms with Crippen molar-refractivity contribution in [1.82, 2.24) is 20.6 Å². The highest BCUT2D eigenvalue weighted by atomic mass is 16.5. The normalized spacial score (nSPS) is 12.0. The van der Waals surface area contributed by atoms with Gasteiger partial charge in [0.15, 0.2) is 0 Å². The number of ether oxygens (including phenoxy) is 1. The Morgan fingerprint density at radius 3 is 2.67 bits per heavy atom. The van der Waals surface area contributed by atoms with Gasteiger partial charge in [-0.15, -0.1) is 0 Å². The molecule has 0 saturated carbocycles. The van der Waals surface area contributed by atoms with Gasteiger partial charge < -0.3 is 20.4 Å². The zero-order chi connectivity index (χ0) is 15.8. The van der Waals surface area contributed by atoms with Crippen LogP contribution in [0.1, 0.15) is 43.5 Å². The maximum atomic E-state index is 11.9. The van der Waals surface area contributed by atoms with Crippen molar-refractivity contribution in [2.45, 2.75) is 40.2 Å². The molecule has 1 rings (SSSR count). The number of nitrogens with one attached hydrogen (secondary N) is 3. The molecule has 7 nitrogen and oxygen atoms in total. The first-order chi connectivity index (χ1) is 9.92. The molecule has 1 aromatic rings. The fourth-order valence-corrected chi connectivity index (χ4v) is 1.95. The zero-order valence-electron chi connectivity index (χ0n) is 13.0. The summed E-state index contributed by atoms with van der Waals surface area (Å²) in [5.74, 6) is 0.835. The van der Waals surface area contributed by atoms with E-state index in [1.165, 1.54) is 6.20 Å². The summed E-state index contributed by atoms with van der Waals surface area (Å²) in [7, 11) is 0. The number of H-pyrrole nitrogens is 1. The van der Waals surface area contributed by atoms with Gasteiger partial charge in [-0.3, -0.25) is 4.79 Å². The molecule has 0 saturated heterocycles. The van der Waals surface area contributed by atoms with Crippen LogP contribution in [-0.2, 0) is 4.74 Å². The van der Waals surface area contributed by atoms with Crippen LogP contribution >= 0.6 is 0 Å². The van der Waals surface area contributed by atoms with Crippen molar-refractivity contribution in [1.29, 1.82) is 0 Å². The molecule has 2 amide bonds. The first-order valence-electron chi connectivity index (χ1n) is 7.15. The summed E-state index contributed by atoms with van der Waals surface area (Å²) in [5, 5.41) is 5.54. The first-order valence-corrected chi connectivity index (χ1v) is 7.15. The fraction of sp³-hybridized carbons (Fsp3) is 0.643. The van der Waals surface area contributed by atoms with Crippen LogP contribution in [0.15, 0.2) is 6.20 Å². The van der Waals surface area contributed by atoms with E-state index in [1.54, 1.807) is 13.8 Å². The molecule has 21 heavy (non-hydrogen) atoms. The van der Waals surface area contributed by atoms with Crippen LogP contribution in [0.3, 0.4) is 0 Å². The third kappa shape index (κ3) is 6.29. The third-order valence-electron chi connectivity index (χ3n) is 2.81. The van der Waals surface area contributed by atoms with Crippen molar-refractivity contribution in [3.8, 4) is 0 Å². The molecule has 0 fully saturated rings. The number of aromatic amines is 1. The van der Waals surface area contributed by atoms with Crippen molar-refractivity contribution in [3.63, 3.8) is 0 Å². The van der Waals surface area contributed by atoms with Crippen molar-refractivity contribution in [3.05, 3.63) is 17.7 Å². The molecule has 1 atom stereocenters. The van der Waals surface area contributed by atoms with Crippen LogP contribution in [-0.4, -0.2) is 41.2 Å². The number of hydrogen-bond acceptors (Lipinski definition) is 4. The molecule has 1 heterocycles. The Balaban J connectivity index is 2.52. The van der Waals surface area contributed by atoms with E-state index in [2.05, 4.69) is 34.4 Å². The van der Waals surface area contributed by atoms with Gasteiger partial charge in [0.05, 0.1) is 12.8 Å². The molecule has 3 N–H and O–H groups in total. The predicted octanol–water partition coefficient (Wildman–Crippen LogP) is 1.61. The highest BCUT2D eigenvalue weighted by Gasteiger charge is 2.16. The number of carbonyl (C=O) groups is 2. The molecular formula is C14H24N4O3. The maximum absolute atomic E-state index is 11.9. The van der Waals surface area contributed by atoms with Crippen molar-refractivity contribution >= 4 is 12.0 Å². The number of carbonyl (C=O) groups excluding carboxylic acids is 2. The SMILES string of the molecule is CCOC(=O)N[C@@H](CNC(=O)c1cnc(C)[nH]1)CC(C)C. The molecule has 0 radical (unpaired) electrons. The summed E-state index contributed by atoms with van der Waals surface area (Å²) in [6, 6.07) is -0.169. The zero-order valence-corrected chi connectivity index (χ0v) is 13.0. The predicted molar refractivity (Wildman–Crippen MR) is 79.1 cm³/mol. The molecule has 0 aliphatic heterocycles. The van der Waals surface area contributed by atoms with E-state index in [0.717, 1.165) is 6.42 Å². The molecule has 1 aromatic heterocycles. The fourth-order valence-electron chi connectivity index (χ4n) is 1.95. The second-order valence-corrected chi connectivity index (χ2v) is 5.28. The van der Waals surface area contributed by atoms with Gasteiger partial charge in [0.1, 0.15) is 11.5 Å². The Hall–Kier alpha value is -2.05. The lowest BCUT2D eigenvalue weighted by Crippen LogP contribution is -2.44. The van der Waals surface area contributed by atoms with Crippen LogP contribution in [0.4, 0.5) is 4.79 Å². The summed E-state index contributed by atoms with van der Waals surface area (Å²) in [4.78, 5) is 30.3. The summed E-state index contributed by atoms with van der Waals surface area (Å²) in [6.07, 6.45) is 1.77. The van der Waals surface area contributed by atoms with Crippen LogP contribution < -0.4 is 10.6 Å². The van der Waals surface area contributed by atoms with E-state index in [4.69, 9.17) is 4.74 Å². The van der Waals surface area contributed by atoms with Gasteiger partial charge in [-0.25, -0.2) is 9.78 Å². The Labute approximate surface area is 124 Å². The lowest BCUT2D eigenvalue weighted by molar-refractivity contribution is 0.0940. The quantitative estimate of drug-likeness (QED) is 0.712. The Morgan fingerprint density at radius 2 is 2.14 bits per heavy atom. The Bertz CT molecular complexity index is 471. The average molecular weight is 296 g/mol. The standard InChI is InChI=1S/C14H24N4O3/c1-5-21-14(20)18-11(6-9(2)3)7-16-13(19)12-8-15-10(4)17-12/h8-9,11H,5-7H2,1-4H3,(H,15,17)(H,16,19)(H,18,20)/t11-/m1/s1. The summed E-state index contributed by atoms with van der Waals surface area (Å²) < 4.78 is 4.87. The van der Waals surface area contributed by atoms with Crippen molar-refractivity contribution in [2.24, 2.45) is 5.92 Å². The molecule has 0 aliphatic carbocycles. The minimum absolute atomic E-state index is 0.169. The highest BCUT2D eigenvalue weighted by Crippen LogP contribution is 2.05. The van der Waals surface area contributed by atoms with Crippen LogP contribution in [0.25, 0.3) is 0 Å². The number of aryl methyl sites for hydroxylation is 1. The Morgan fingerprint density at radius 1 is 1.43 bits per heavy atom. The van der Waals surface area contributed by atoms with E-state index < -0.39 is 6.09 Å². The van der Waals surface area contributed by atoms with Gasteiger partial charge >= 0.3 is 6.09 Å². The molecule has 7 heteroatoms. The monoisotopic (exact) mass is 296 g/mol. The van der Waals surface area contributed by atoms with Gasteiger partial charge in [-0.05, 0) is 26.2 Å². The lowest BCUT2D eigenvalue weighted by Gasteiger charge is -2.20. The summed E-state index contributed by atoms with van der Waals surface area (Å²) in [6.45, 7) is 8.30. The second kappa shape index (κ2) is 8.28. The molecule has 118 valence electrons. The third-order valence-corrected chi connectivity index (χ3v) is 2.81. The number of aromatic nitrogens is 2. The smallest absolute Gasteiger partial charge is 0.407 e. The van der Waals surface area contributed by atoms with E-state index in [0.29, 0.717) is 30.6 Å². The van der Waals surface area contributed by atoms with Gasteiger partial charge in [-0.1, -0.05) is 13.8 Å². The number of nitrogens with zero attached hydrogens (tertiary/aromatic N) is 1. The first kappa shape index (κ1) is 17.0. The van der Waals surface area contributed by atoms with Crippen molar-refractivity contribution in [2.75, 3.05) is 13.2 Å². The lowest BCUT2D eigenvalue weighted by atomic mass is 10.0. The summed E-state index contributed by atoms with van der Waals surface area (Å²) in [5.41, 5.74) is 0.409. The average Bonchev–Trinajstić information content (AvgIpc) is 2.82. The molecule has 0 aromatic carbocycles. The van der Waals surface area contributed by atoms with Gasteiger partial charge in [0.25, 0.3) is 5.91 Å². The van der Waals surface area contributed by atoms with Crippen LogP contribution in [0.5, 0.6) is 0 Å². The molecular weight excluding hydrogens is 272 g/mol. The molecule has 0 aliphatic rings. The Kier molecular flexibility index (Phi) is 6.71.